The van der Waals surface area contributed by atoms with E-state index in [1.165, 1.54) is 12.0 Å². The van der Waals surface area contributed by atoms with E-state index < -0.39 is 0 Å². The molecule has 2 unspecified atom stereocenters. The molecule has 1 aromatic rings. The number of nitrogens with one attached hydrogen (secondary N) is 1. The van der Waals surface area contributed by atoms with Gasteiger partial charge in [-0.1, -0.05) is 32.4 Å². The fourth-order valence-corrected chi connectivity index (χ4v) is 1.73. The minimum absolute atomic E-state index is 0.199. The minimum atomic E-state index is 0.199. The van der Waals surface area contributed by atoms with E-state index in [0.29, 0.717) is 5.92 Å². The van der Waals surface area contributed by atoms with E-state index in [9.17, 15) is 0 Å². The lowest BCUT2D eigenvalue weighted by Gasteiger charge is -2.20. The maximum absolute atomic E-state index is 5.61. The first-order valence-electron chi connectivity index (χ1n) is 5.81. The third-order valence-corrected chi connectivity index (χ3v) is 3.03. The molecule has 1 aromatic carbocycles. The molecule has 3 N–H and O–H groups in total. The van der Waals surface area contributed by atoms with E-state index in [0.717, 1.165) is 12.2 Å². The third-order valence-electron chi connectivity index (χ3n) is 3.03. The summed E-state index contributed by atoms with van der Waals surface area (Å²) in [5, 5.41) is 0. The molecule has 3 nitrogen and oxygen atoms in total. The summed E-state index contributed by atoms with van der Waals surface area (Å²) >= 11 is 0. The van der Waals surface area contributed by atoms with Crippen LogP contribution >= 0.6 is 0 Å². The van der Waals surface area contributed by atoms with Crippen LogP contribution in [0.5, 0.6) is 5.75 Å². The molecular weight excluding hydrogens is 200 g/mol. The van der Waals surface area contributed by atoms with Crippen molar-refractivity contribution in [3.63, 3.8) is 0 Å². The van der Waals surface area contributed by atoms with Crippen LogP contribution in [0.25, 0.3) is 0 Å². The molecule has 0 amide bonds. The topological polar surface area (TPSA) is 47.3 Å². The standard InChI is InChI=1S/C13H22N2O/c1-4-10(2)8-13(15-14)11-6-5-7-12(9-11)16-3/h5-7,9-10,13,15H,4,8,14H2,1-3H3. The number of ether oxygens (including phenoxy) is 1. The van der Waals surface area contributed by atoms with Gasteiger partial charge < -0.3 is 4.74 Å². The van der Waals surface area contributed by atoms with Crippen LogP contribution < -0.4 is 16.0 Å². The molecule has 90 valence electrons. The maximum Gasteiger partial charge on any atom is 0.119 e. The fraction of sp³-hybridized carbons (Fsp3) is 0.538. The summed E-state index contributed by atoms with van der Waals surface area (Å²) in [6.07, 6.45) is 2.21. The lowest BCUT2D eigenvalue weighted by atomic mass is 9.94. The smallest absolute Gasteiger partial charge is 0.119 e. The van der Waals surface area contributed by atoms with Gasteiger partial charge in [0.2, 0.25) is 0 Å². The van der Waals surface area contributed by atoms with Gasteiger partial charge in [0, 0.05) is 6.04 Å². The zero-order chi connectivity index (χ0) is 12.0. The van der Waals surface area contributed by atoms with Crippen LogP contribution in [0, 0.1) is 5.92 Å². The fourth-order valence-electron chi connectivity index (χ4n) is 1.73. The second-order valence-electron chi connectivity index (χ2n) is 4.24. The van der Waals surface area contributed by atoms with Crippen molar-refractivity contribution in [2.45, 2.75) is 32.7 Å². The molecule has 0 fully saturated rings. The van der Waals surface area contributed by atoms with Crippen molar-refractivity contribution < 1.29 is 4.74 Å². The van der Waals surface area contributed by atoms with Crippen molar-refractivity contribution in [2.75, 3.05) is 7.11 Å². The summed E-state index contributed by atoms with van der Waals surface area (Å²) in [5.74, 6) is 7.14. The number of methoxy groups -OCH3 is 1. The van der Waals surface area contributed by atoms with E-state index in [1.807, 2.05) is 18.2 Å². The van der Waals surface area contributed by atoms with Gasteiger partial charge in [-0.3, -0.25) is 11.3 Å². The van der Waals surface area contributed by atoms with Gasteiger partial charge in [-0.2, -0.15) is 0 Å². The molecule has 0 aliphatic heterocycles. The lowest BCUT2D eigenvalue weighted by Crippen LogP contribution is -2.29. The maximum atomic E-state index is 5.61. The Morgan fingerprint density at radius 1 is 1.44 bits per heavy atom. The first kappa shape index (κ1) is 13.0. The number of hydrogen-bond donors (Lipinski definition) is 2. The summed E-state index contributed by atoms with van der Waals surface area (Å²) in [6, 6.07) is 8.25. The van der Waals surface area contributed by atoms with Crippen LogP contribution in [-0.2, 0) is 0 Å². The highest BCUT2D eigenvalue weighted by Gasteiger charge is 2.13. The van der Waals surface area contributed by atoms with Crippen molar-refractivity contribution in [1.82, 2.24) is 5.43 Å². The Morgan fingerprint density at radius 3 is 2.75 bits per heavy atom. The van der Waals surface area contributed by atoms with Gasteiger partial charge in [-0.05, 0) is 30.0 Å². The highest BCUT2D eigenvalue weighted by Crippen LogP contribution is 2.24. The quantitative estimate of drug-likeness (QED) is 0.574. The highest BCUT2D eigenvalue weighted by atomic mass is 16.5. The second-order valence-corrected chi connectivity index (χ2v) is 4.24. The summed E-state index contributed by atoms with van der Waals surface area (Å²) in [7, 11) is 1.68. The highest BCUT2D eigenvalue weighted by molar-refractivity contribution is 5.30. The van der Waals surface area contributed by atoms with Crippen LogP contribution in [0.15, 0.2) is 24.3 Å². The van der Waals surface area contributed by atoms with Crippen LogP contribution in [0.1, 0.15) is 38.3 Å². The number of nitrogens with two attached hydrogens (primary N) is 1. The Balaban J connectivity index is 2.77. The average Bonchev–Trinajstić information content (AvgIpc) is 2.35. The summed E-state index contributed by atoms with van der Waals surface area (Å²) < 4.78 is 5.21. The molecular formula is C13H22N2O. The van der Waals surface area contributed by atoms with Gasteiger partial charge in [0.1, 0.15) is 5.75 Å². The van der Waals surface area contributed by atoms with E-state index in [2.05, 4.69) is 25.3 Å². The van der Waals surface area contributed by atoms with Gasteiger partial charge >= 0.3 is 0 Å². The molecule has 16 heavy (non-hydrogen) atoms. The number of benzene rings is 1. The van der Waals surface area contributed by atoms with Crippen molar-refractivity contribution in [1.29, 1.82) is 0 Å². The van der Waals surface area contributed by atoms with Gasteiger partial charge in [0.15, 0.2) is 0 Å². The molecule has 0 aliphatic carbocycles. The van der Waals surface area contributed by atoms with Gasteiger partial charge in [0.05, 0.1) is 7.11 Å². The molecule has 0 saturated carbocycles. The van der Waals surface area contributed by atoms with E-state index in [1.54, 1.807) is 7.11 Å². The lowest BCUT2D eigenvalue weighted by molar-refractivity contribution is 0.398. The monoisotopic (exact) mass is 222 g/mol. The number of hydrogen-bond acceptors (Lipinski definition) is 3. The van der Waals surface area contributed by atoms with Gasteiger partial charge in [-0.15, -0.1) is 0 Å². The van der Waals surface area contributed by atoms with E-state index in [-0.39, 0.29) is 6.04 Å². The Hall–Kier alpha value is -1.06. The SMILES string of the molecule is CCC(C)CC(NN)c1cccc(OC)c1. The molecule has 0 radical (unpaired) electrons. The van der Waals surface area contributed by atoms with Crippen molar-refractivity contribution in [3.8, 4) is 5.75 Å². The number of rotatable bonds is 6. The molecule has 2 atom stereocenters. The summed E-state index contributed by atoms with van der Waals surface area (Å²) in [4.78, 5) is 0. The molecule has 1 rings (SSSR count). The van der Waals surface area contributed by atoms with E-state index in [4.69, 9.17) is 10.6 Å². The van der Waals surface area contributed by atoms with Crippen LogP contribution in [0.2, 0.25) is 0 Å². The first-order valence-corrected chi connectivity index (χ1v) is 5.81. The molecule has 0 aliphatic rings. The minimum Gasteiger partial charge on any atom is -0.497 e. The Labute approximate surface area is 98.0 Å². The van der Waals surface area contributed by atoms with E-state index >= 15 is 0 Å². The normalized spacial score (nSPS) is 14.5. The summed E-state index contributed by atoms with van der Waals surface area (Å²) in [5.41, 5.74) is 4.06. The Bertz CT molecular complexity index is 315. The zero-order valence-corrected chi connectivity index (χ0v) is 10.4. The molecule has 0 heterocycles. The molecule has 0 spiro atoms. The van der Waals surface area contributed by atoms with Crippen LogP contribution in [0.3, 0.4) is 0 Å². The number of hydrazine groups is 1. The first-order chi connectivity index (χ1) is 7.71. The van der Waals surface area contributed by atoms with Crippen LogP contribution in [0.4, 0.5) is 0 Å². The summed E-state index contributed by atoms with van der Waals surface area (Å²) in [6.45, 7) is 4.44. The average molecular weight is 222 g/mol. The van der Waals surface area contributed by atoms with Gasteiger partial charge in [0.25, 0.3) is 0 Å². The van der Waals surface area contributed by atoms with Crippen molar-refractivity contribution in [3.05, 3.63) is 29.8 Å². The van der Waals surface area contributed by atoms with Crippen molar-refractivity contribution >= 4 is 0 Å². The zero-order valence-electron chi connectivity index (χ0n) is 10.4. The predicted molar refractivity (Wildman–Crippen MR) is 67.1 cm³/mol. The second kappa shape index (κ2) is 6.51. The molecule has 0 bridgehead atoms. The molecule has 0 saturated heterocycles. The largest absolute Gasteiger partial charge is 0.497 e. The Kier molecular flexibility index (Phi) is 5.29. The molecule has 3 heteroatoms. The molecule has 0 aromatic heterocycles. The van der Waals surface area contributed by atoms with Crippen molar-refractivity contribution in [2.24, 2.45) is 11.8 Å². The van der Waals surface area contributed by atoms with Gasteiger partial charge in [-0.25, -0.2) is 0 Å². The van der Waals surface area contributed by atoms with Crippen LogP contribution in [-0.4, -0.2) is 7.11 Å². The third kappa shape index (κ3) is 3.51. The predicted octanol–water partition coefficient (Wildman–Crippen LogP) is 2.64. The Morgan fingerprint density at radius 2 is 2.19 bits per heavy atom.